The summed E-state index contributed by atoms with van der Waals surface area (Å²) >= 11 is 0. The molecule has 0 aromatic heterocycles. The monoisotopic (exact) mass is 1070 g/mol. The number of hydrogen-bond acceptors (Lipinski definition) is 6. The van der Waals surface area contributed by atoms with Crippen LogP contribution in [0.2, 0.25) is 0 Å². The molecule has 0 rings (SSSR count). The van der Waals surface area contributed by atoms with Gasteiger partial charge < -0.3 is 28.8 Å². The van der Waals surface area contributed by atoms with Gasteiger partial charge in [0.15, 0.2) is 0 Å². The summed E-state index contributed by atoms with van der Waals surface area (Å²) in [6.45, 7) is 4.54. The van der Waals surface area contributed by atoms with Gasteiger partial charge in [-0.3, -0.25) is 9.36 Å². The van der Waals surface area contributed by atoms with E-state index in [0.717, 1.165) is 77.0 Å². The maximum atomic E-state index is 13.0. The standard InChI is InChI=1S/C66H121N2O6P/c1-6-8-10-12-14-16-18-20-22-23-24-25-26-27-28-29-30-31-32-33-34-35-36-37-38-39-40-41-42-43-44-45-46-48-50-52-54-56-58-60-66(70)67-64(63-74-75(71,72)73-62-61-68(3,4)5)65(69)59-57-55-53-51-49-47-21-19-17-15-13-11-9-7-2/h8,10,14,16,20,22,24-25,27-28,30-31,57,59,64-65,69H,6-7,9,11-13,15,17-19,21,23,26,29,32-56,58,60-63H2,1-5H3,(H-,67,70,71,72)/b10-8-,16-14-,22-20-,25-24-,28-27-,31-30-,59-57+. The fourth-order valence-electron chi connectivity index (χ4n) is 8.98. The van der Waals surface area contributed by atoms with Gasteiger partial charge in [0.05, 0.1) is 39.9 Å². The summed E-state index contributed by atoms with van der Waals surface area (Å²) in [5.74, 6) is -0.196. The van der Waals surface area contributed by atoms with E-state index in [-0.39, 0.29) is 19.1 Å². The fraction of sp³-hybridized carbons (Fsp3) is 0.773. The Morgan fingerprint density at radius 1 is 0.480 bits per heavy atom. The molecule has 0 aliphatic rings. The van der Waals surface area contributed by atoms with Crippen LogP contribution in [0.15, 0.2) is 85.1 Å². The first-order valence-corrected chi connectivity index (χ1v) is 32.9. The van der Waals surface area contributed by atoms with Gasteiger partial charge in [-0.1, -0.05) is 285 Å². The summed E-state index contributed by atoms with van der Waals surface area (Å²) < 4.78 is 23.3. The van der Waals surface area contributed by atoms with Gasteiger partial charge in [0, 0.05) is 6.42 Å². The number of quaternary nitrogens is 1. The Balaban J connectivity index is 3.95. The lowest BCUT2D eigenvalue weighted by Gasteiger charge is -2.29. The number of nitrogens with zero attached hydrogens (tertiary/aromatic N) is 1. The second-order valence-corrected chi connectivity index (χ2v) is 23.8. The molecule has 1 amide bonds. The number of hydrogen-bond donors (Lipinski definition) is 2. The number of aliphatic hydroxyl groups excluding tert-OH is 1. The van der Waals surface area contributed by atoms with Gasteiger partial charge in [-0.05, 0) is 70.6 Å². The van der Waals surface area contributed by atoms with Crippen LogP contribution in [0.25, 0.3) is 0 Å². The molecular formula is C66H121N2O6P. The Kier molecular flexibility index (Phi) is 54.7. The summed E-state index contributed by atoms with van der Waals surface area (Å²) in [5, 5.41) is 13.9. The summed E-state index contributed by atoms with van der Waals surface area (Å²) in [4.78, 5) is 25.5. The number of amides is 1. The summed E-state index contributed by atoms with van der Waals surface area (Å²) in [7, 11) is 1.26. The molecule has 0 saturated heterocycles. The fourth-order valence-corrected chi connectivity index (χ4v) is 9.71. The number of phosphoric acid groups is 1. The highest BCUT2D eigenvalue weighted by molar-refractivity contribution is 7.45. The summed E-state index contributed by atoms with van der Waals surface area (Å²) in [6, 6.07) is -0.887. The van der Waals surface area contributed by atoms with E-state index >= 15 is 0 Å². The van der Waals surface area contributed by atoms with E-state index in [2.05, 4.69) is 92.1 Å². The maximum Gasteiger partial charge on any atom is 0.268 e. The molecule has 0 bridgehead atoms. The van der Waals surface area contributed by atoms with Crippen molar-refractivity contribution >= 4 is 13.7 Å². The average molecular weight is 1070 g/mol. The third-order valence-electron chi connectivity index (χ3n) is 13.9. The number of carbonyl (C=O) groups excluding carboxylic acids is 1. The van der Waals surface area contributed by atoms with Crippen LogP contribution in [0.3, 0.4) is 0 Å². The van der Waals surface area contributed by atoms with Crippen LogP contribution >= 0.6 is 7.82 Å². The molecule has 9 heteroatoms. The molecule has 0 fully saturated rings. The van der Waals surface area contributed by atoms with E-state index < -0.39 is 20.0 Å². The van der Waals surface area contributed by atoms with Crippen molar-refractivity contribution in [3.05, 3.63) is 85.1 Å². The lowest BCUT2D eigenvalue weighted by Crippen LogP contribution is -2.45. The second-order valence-electron chi connectivity index (χ2n) is 22.4. The zero-order chi connectivity index (χ0) is 54.9. The number of aliphatic hydroxyl groups is 1. The number of likely N-dealkylation sites (N-methyl/N-ethyl adjacent to an activating group) is 1. The van der Waals surface area contributed by atoms with Crippen molar-refractivity contribution < 1.29 is 32.9 Å². The van der Waals surface area contributed by atoms with Crippen LogP contribution in [0, 0.1) is 0 Å². The van der Waals surface area contributed by atoms with Crippen molar-refractivity contribution in [1.29, 1.82) is 0 Å². The topological polar surface area (TPSA) is 108 Å². The van der Waals surface area contributed by atoms with E-state index in [4.69, 9.17) is 9.05 Å². The lowest BCUT2D eigenvalue weighted by molar-refractivity contribution is -0.870. The largest absolute Gasteiger partial charge is 0.756 e. The predicted octanol–water partition coefficient (Wildman–Crippen LogP) is 19.0. The molecule has 0 heterocycles. The Hall–Kier alpha value is -2.32. The molecule has 0 saturated carbocycles. The molecule has 8 nitrogen and oxygen atoms in total. The third-order valence-corrected chi connectivity index (χ3v) is 14.8. The first-order chi connectivity index (χ1) is 36.5. The van der Waals surface area contributed by atoms with Crippen molar-refractivity contribution in [1.82, 2.24) is 5.32 Å². The molecule has 436 valence electrons. The quantitative estimate of drug-likeness (QED) is 0.0272. The second kappa shape index (κ2) is 56.4. The molecule has 0 aliphatic heterocycles. The van der Waals surface area contributed by atoms with Gasteiger partial charge >= 0.3 is 0 Å². The number of allylic oxidation sites excluding steroid dienone is 13. The minimum absolute atomic E-state index is 0.00159. The Morgan fingerprint density at radius 3 is 1.19 bits per heavy atom. The molecule has 0 aromatic carbocycles. The van der Waals surface area contributed by atoms with Crippen LogP contribution in [-0.2, 0) is 18.4 Å². The number of unbranched alkanes of at least 4 members (excludes halogenated alkanes) is 32. The van der Waals surface area contributed by atoms with Crippen molar-refractivity contribution in [2.24, 2.45) is 0 Å². The first kappa shape index (κ1) is 72.7. The predicted molar refractivity (Wildman–Crippen MR) is 325 cm³/mol. The molecule has 0 radical (unpaired) electrons. The number of nitrogens with one attached hydrogen (secondary N) is 1. The van der Waals surface area contributed by atoms with Crippen molar-refractivity contribution in [3.63, 3.8) is 0 Å². The first-order valence-electron chi connectivity index (χ1n) is 31.4. The van der Waals surface area contributed by atoms with Crippen LogP contribution in [0.1, 0.15) is 277 Å². The summed E-state index contributed by atoms with van der Waals surface area (Å²) in [5.41, 5.74) is 0. The molecule has 3 atom stereocenters. The molecule has 0 spiro atoms. The zero-order valence-corrected chi connectivity index (χ0v) is 50.6. The molecule has 75 heavy (non-hydrogen) atoms. The van der Waals surface area contributed by atoms with E-state index in [0.29, 0.717) is 17.4 Å². The molecule has 3 unspecified atom stereocenters. The highest BCUT2D eigenvalue weighted by Crippen LogP contribution is 2.38. The highest BCUT2D eigenvalue weighted by atomic mass is 31.2. The van der Waals surface area contributed by atoms with Crippen molar-refractivity contribution in [2.75, 3.05) is 40.9 Å². The molecular weight excluding hydrogens is 948 g/mol. The normalized spacial score (nSPS) is 14.4. The van der Waals surface area contributed by atoms with E-state index in [1.807, 2.05) is 27.2 Å². The van der Waals surface area contributed by atoms with Gasteiger partial charge in [0.1, 0.15) is 13.2 Å². The number of phosphoric ester groups is 1. The van der Waals surface area contributed by atoms with Gasteiger partial charge in [-0.25, -0.2) is 0 Å². The highest BCUT2D eigenvalue weighted by Gasteiger charge is 2.23. The van der Waals surface area contributed by atoms with Crippen molar-refractivity contribution in [3.8, 4) is 0 Å². The Labute approximate surface area is 465 Å². The van der Waals surface area contributed by atoms with E-state index in [1.54, 1.807) is 6.08 Å². The molecule has 0 aromatic rings. The number of carbonyl (C=O) groups is 1. The number of rotatable bonds is 57. The third kappa shape index (κ3) is 59.2. The van der Waals surface area contributed by atoms with Gasteiger partial charge in [0.25, 0.3) is 7.82 Å². The van der Waals surface area contributed by atoms with Gasteiger partial charge in [0.2, 0.25) is 5.91 Å². The van der Waals surface area contributed by atoms with Crippen LogP contribution in [0.5, 0.6) is 0 Å². The average Bonchev–Trinajstić information content (AvgIpc) is 3.37. The Bertz CT molecular complexity index is 1500. The molecule has 2 N–H and O–H groups in total. The van der Waals surface area contributed by atoms with Crippen LogP contribution in [0.4, 0.5) is 0 Å². The Morgan fingerprint density at radius 2 is 0.813 bits per heavy atom. The molecule has 0 aliphatic carbocycles. The van der Waals surface area contributed by atoms with Crippen LogP contribution in [-0.4, -0.2) is 68.5 Å². The van der Waals surface area contributed by atoms with E-state index in [9.17, 15) is 19.4 Å². The SMILES string of the molecule is CC/C=C\C/C=C\C/C=C\C/C=C\C/C=C\C/C=C\CCCCCCCCCCCCCCCCCCCCCCC(=O)NC(COP(=O)([O-])OCC[N+](C)(C)C)C(O)/C=C/CCCCCCCCCCCCCC. The van der Waals surface area contributed by atoms with Gasteiger partial charge in [-0.2, -0.15) is 0 Å². The maximum absolute atomic E-state index is 13.0. The van der Waals surface area contributed by atoms with Crippen LogP contribution < -0.4 is 10.2 Å². The minimum Gasteiger partial charge on any atom is -0.756 e. The lowest BCUT2D eigenvalue weighted by atomic mass is 10.0. The van der Waals surface area contributed by atoms with E-state index in [1.165, 1.54) is 180 Å². The summed E-state index contributed by atoms with van der Waals surface area (Å²) in [6.07, 6.45) is 79.7. The van der Waals surface area contributed by atoms with Gasteiger partial charge in [-0.15, -0.1) is 0 Å². The van der Waals surface area contributed by atoms with Crippen molar-refractivity contribution in [2.45, 2.75) is 289 Å². The zero-order valence-electron chi connectivity index (χ0n) is 49.7. The minimum atomic E-state index is -4.60. The smallest absolute Gasteiger partial charge is 0.268 e.